The highest BCUT2D eigenvalue weighted by molar-refractivity contribution is 5.92. The first-order valence-corrected chi connectivity index (χ1v) is 7.41. The topological polar surface area (TPSA) is 55.8 Å². The normalized spacial score (nSPS) is 10.9. The summed E-state index contributed by atoms with van der Waals surface area (Å²) in [6.07, 6.45) is 3.00. The Labute approximate surface area is 139 Å². The second kappa shape index (κ2) is 6.87. The number of benzene rings is 3. The largest absolute Gasteiger partial charge is 0.507 e. The van der Waals surface area contributed by atoms with Crippen LogP contribution in [0.1, 0.15) is 5.56 Å². The molecular formula is C20H16O4. The third-order valence-electron chi connectivity index (χ3n) is 3.56. The van der Waals surface area contributed by atoms with Crippen LogP contribution in [0.5, 0.6) is 17.2 Å². The molecule has 3 rings (SSSR count). The monoisotopic (exact) mass is 320 g/mol. The summed E-state index contributed by atoms with van der Waals surface area (Å²) in [5.74, 6) is 0.618. The third kappa shape index (κ3) is 3.55. The average Bonchev–Trinajstić information content (AvgIpc) is 2.60. The highest BCUT2D eigenvalue weighted by Crippen LogP contribution is 2.30. The van der Waals surface area contributed by atoms with Crippen molar-refractivity contribution in [2.45, 2.75) is 0 Å². The standard InChI is InChI=1S/C20H16O4/c1-23-16-9-6-14(7-10-16)8-11-20(22)24-17-12-15-4-2-3-5-18(15)19(21)13-17/h2-13,21H,1H3/b11-8+. The average molecular weight is 320 g/mol. The predicted octanol–water partition coefficient (Wildman–Crippen LogP) is 4.17. The van der Waals surface area contributed by atoms with Crippen molar-refractivity contribution in [2.24, 2.45) is 0 Å². The van der Waals surface area contributed by atoms with Crippen LogP contribution in [0.15, 0.2) is 66.7 Å². The summed E-state index contributed by atoms with van der Waals surface area (Å²) in [4.78, 5) is 11.9. The Kier molecular flexibility index (Phi) is 4.47. The minimum absolute atomic E-state index is 0.0787. The van der Waals surface area contributed by atoms with Gasteiger partial charge in [-0.1, -0.05) is 36.4 Å². The number of hydrogen-bond acceptors (Lipinski definition) is 4. The van der Waals surface area contributed by atoms with E-state index < -0.39 is 5.97 Å². The SMILES string of the molecule is COc1ccc(/C=C/C(=O)Oc2cc(O)c3ccccc3c2)cc1. The number of phenolic OH excluding ortho intramolecular Hbond substituents is 1. The van der Waals surface area contributed by atoms with Crippen LogP contribution < -0.4 is 9.47 Å². The van der Waals surface area contributed by atoms with E-state index in [1.165, 1.54) is 12.1 Å². The van der Waals surface area contributed by atoms with Crippen molar-refractivity contribution in [2.75, 3.05) is 7.11 Å². The molecule has 0 bridgehead atoms. The molecule has 4 heteroatoms. The van der Waals surface area contributed by atoms with E-state index in [0.29, 0.717) is 11.1 Å². The molecule has 3 aromatic carbocycles. The van der Waals surface area contributed by atoms with Crippen molar-refractivity contribution in [1.82, 2.24) is 0 Å². The van der Waals surface area contributed by atoms with Crippen LogP contribution in [0.2, 0.25) is 0 Å². The van der Waals surface area contributed by atoms with E-state index in [4.69, 9.17) is 9.47 Å². The molecule has 24 heavy (non-hydrogen) atoms. The Morgan fingerprint density at radius 1 is 1.00 bits per heavy atom. The lowest BCUT2D eigenvalue weighted by Gasteiger charge is -2.06. The molecule has 0 aliphatic rings. The molecule has 0 aliphatic heterocycles. The van der Waals surface area contributed by atoms with E-state index in [1.54, 1.807) is 25.3 Å². The van der Waals surface area contributed by atoms with Gasteiger partial charge in [-0.3, -0.25) is 0 Å². The van der Waals surface area contributed by atoms with Crippen molar-refractivity contribution in [3.05, 3.63) is 72.3 Å². The highest BCUT2D eigenvalue weighted by atomic mass is 16.5. The maximum atomic E-state index is 11.9. The van der Waals surface area contributed by atoms with E-state index in [1.807, 2.05) is 42.5 Å². The second-order valence-electron chi connectivity index (χ2n) is 5.19. The Balaban J connectivity index is 1.73. The van der Waals surface area contributed by atoms with E-state index >= 15 is 0 Å². The van der Waals surface area contributed by atoms with Crippen molar-refractivity contribution >= 4 is 22.8 Å². The molecule has 1 N–H and O–H groups in total. The Bertz CT molecular complexity index is 895. The lowest BCUT2D eigenvalue weighted by atomic mass is 10.1. The van der Waals surface area contributed by atoms with Gasteiger partial charge in [-0.2, -0.15) is 0 Å². The fourth-order valence-corrected chi connectivity index (χ4v) is 2.35. The number of carbonyl (C=O) groups is 1. The maximum Gasteiger partial charge on any atom is 0.336 e. The molecule has 0 unspecified atom stereocenters. The van der Waals surface area contributed by atoms with E-state index in [0.717, 1.165) is 16.7 Å². The Morgan fingerprint density at radius 3 is 2.50 bits per heavy atom. The van der Waals surface area contributed by atoms with Crippen molar-refractivity contribution < 1.29 is 19.4 Å². The summed E-state index contributed by atoms with van der Waals surface area (Å²) in [5, 5.41) is 11.5. The number of aromatic hydroxyl groups is 1. The van der Waals surface area contributed by atoms with E-state index in [2.05, 4.69) is 0 Å². The number of ether oxygens (including phenoxy) is 2. The molecule has 0 saturated heterocycles. The molecule has 0 aliphatic carbocycles. The van der Waals surface area contributed by atoms with Gasteiger partial charge in [0.05, 0.1) is 7.11 Å². The molecule has 0 fully saturated rings. The zero-order valence-electron chi connectivity index (χ0n) is 13.1. The quantitative estimate of drug-likeness (QED) is 0.445. The molecule has 4 nitrogen and oxygen atoms in total. The number of phenols is 1. The van der Waals surface area contributed by atoms with Gasteiger partial charge in [-0.25, -0.2) is 4.79 Å². The van der Waals surface area contributed by atoms with Crippen LogP contribution in [0.3, 0.4) is 0 Å². The second-order valence-corrected chi connectivity index (χ2v) is 5.19. The molecule has 0 aromatic heterocycles. The minimum Gasteiger partial charge on any atom is -0.507 e. The van der Waals surface area contributed by atoms with Crippen LogP contribution in [0, 0.1) is 0 Å². The summed E-state index contributed by atoms with van der Waals surface area (Å²) in [6.45, 7) is 0. The predicted molar refractivity (Wildman–Crippen MR) is 93.3 cm³/mol. The van der Waals surface area contributed by atoms with Gasteiger partial charge in [0.1, 0.15) is 17.2 Å². The molecule has 0 heterocycles. The molecule has 120 valence electrons. The van der Waals surface area contributed by atoms with Gasteiger partial charge >= 0.3 is 5.97 Å². The molecule has 0 atom stereocenters. The van der Waals surface area contributed by atoms with Crippen molar-refractivity contribution in [3.63, 3.8) is 0 Å². The third-order valence-corrected chi connectivity index (χ3v) is 3.56. The summed E-state index contributed by atoms with van der Waals surface area (Å²) in [6, 6.07) is 17.8. The van der Waals surface area contributed by atoms with Gasteiger partial charge in [0, 0.05) is 17.5 Å². The van der Waals surface area contributed by atoms with Gasteiger partial charge in [-0.15, -0.1) is 0 Å². The van der Waals surface area contributed by atoms with E-state index in [-0.39, 0.29) is 5.75 Å². The summed E-state index contributed by atoms with van der Waals surface area (Å²) in [5.41, 5.74) is 0.856. The first-order chi connectivity index (χ1) is 11.7. The first kappa shape index (κ1) is 15.6. The summed E-state index contributed by atoms with van der Waals surface area (Å²) in [7, 11) is 1.60. The fraction of sp³-hybridized carbons (Fsp3) is 0.0500. The fourth-order valence-electron chi connectivity index (χ4n) is 2.35. The summed E-state index contributed by atoms with van der Waals surface area (Å²) >= 11 is 0. The molecule has 0 spiro atoms. The first-order valence-electron chi connectivity index (χ1n) is 7.41. The number of esters is 1. The van der Waals surface area contributed by atoms with Gasteiger partial charge in [-0.05, 0) is 35.2 Å². The lowest BCUT2D eigenvalue weighted by molar-refractivity contribution is -0.128. The molecule has 0 radical (unpaired) electrons. The van der Waals surface area contributed by atoms with Gasteiger partial charge < -0.3 is 14.6 Å². The van der Waals surface area contributed by atoms with Crippen LogP contribution in [0.4, 0.5) is 0 Å². The van der Waals surface area contributed by atoms with E-state index in [9.17, 15) is 9.90 Å². The highest BCUT2D eigenvalue weighted by Gasteiger charge is 2.06. The minimum atomic E-state index is -0.513. The van der Waals surface area contributed by atoms with Crippen LogP contribution in [-0.4, -0.2) is 18.2 Å². The van der Waals surface area contributed by atoms with Crippen LogP contribution >= 0.6 is 0 Å². The van der Waals surface area contributed by atoms with Gasteiger partial charge in [0.25, 0.3) is 0 Å². The zero-order valence-corrected chi connectivity index (χ0v) is 13.1. The molecule has 0 saturated carbocycles. The van der Waals surface area contributed by atoms with Crippen molar-refractivity contribution in [1.29, 1.82) is 0 Å². The van der Waals surface area contributed by atoms with Crippen LogP contribution in [0.25, 0.3) is 16.8 Å². The number of methoxy groups -OCH3 is 1. The number of rotatable bonds is 4. The number of fused-ring (bicyclic) bond motifs is 1. The van der Waals surface area contributed by atoms with Gasteiger partial charge in [0.15, 0.2) is 0 Å². The Morgan fingerprint density at radius 2 is 1.75 bits per heavy atom. The molecule has 3 aromatic rings. The van der Waals surface area contributed by atoms with Crippen LogP contribution in [-0.2, 0) is 4.79 Å². The summed E-state index contributed by atoms with van der Waals surface area (Å²) < 4.78 is 10.3. The van der Waals surface area contributed by atoms with Gasteiger partial charge in [0.2, 0.25) is 0 Å². The number of hydrogen-bond donors (Lipinski definition) is 1. The smallest absolute Gasteiger partial charge is 0.336 e. The maximum absolute atomic E-state index is 11.9. The zero-order chi connectivity index (χ0) is 16.9. The lowest BCUT2D eigenvalue weighted by Crippen LogP contribution is -2.03. The molecular weight excluding hydrogens is 304 g/mol. The number of carbonyl (C=O) groups excluding carboxylic acids is 1. The van der Waals surface area contributed by atoms with Crippen molar-refractivity contribution in [3.8, 4) is 17.2 Å². The molecule has 0 amide bonds. The Hall–Kier alpha value is -3.27.